The second-order valence-corrected chi connectivity index (χ2v) is 7.73. The van der Waals surface area contributed by atoms with Gasteiger partial charge in [0.05, 0.1) is 0 Å². The molecule has 0 bridgehead atoms. The lowest BCUT2D eigenvalue weighted by atomic mass is 10.1. The molecular weight excluding hydrogens is 415 g/mol. The van der Waals surface area contributed by atoms with Gasteiger partial charge in [0, 0.05) is 32.6 Å². The van der Waals surface area contributed by atoms with Crippen molar-refractivity contribution in [3.8, 4) is 5.75 Å². The summed E-state index contributed by atoms with van der Waals surface area (Å²) < 4.78 is 5.40. The van der Waals surface area contributed by atoms with E-state index in [1.165, 1.54) is 11.3 Å². The van der Waals surface area contributed by atoms with Crippen molar-refractivity contribution in [2.75, 3.05) is 11.9 Å². The van der Waals surface area contributed by atoms with Crippen LogP contribution in [-0.4, -0.2) is 17.5 Å². The SMILES string of the molecule is O=C(COc1ccc(Cl)cc1)Nc1ncc(Cc2ccc(Cl)cc2Cl)s1. The predicted molar refractivity (Wildman–Crippen MR) is 107 cm³/mol. The van der Waals surface area contributed by atoms with Gasteiger partial charge in [-0.15, -0.1) is 11.3 Å². The maximum Gasteiger partial charge on any atom is 0.264 e. The normalized spacial score (nSPS) is 10.6. The van der Waals surface area contributed by atoms with Gasteiger partial charge in [-0.1, -0.05) is 40.9 Å². The first-order chi connectivity index (χ1) is 12.5. The molecule has 3 aromatic rings. The Bertz CT molecular complexity index is 913. The summed E-state index contributed by atoms with van der Waals surface area (Å²) in [4.78, 5) is 17.2. The molecule has 0 aliphatic carbocycles. The summed E-state index contributed by atoms with van der Waals surface area (Å²) in [6.45, 7) is -0.112. The van der Waals surface area contributed by atoms with Crippen LogP contribution in [0, 0.1) is 0 Å². The Morgan fingerprint density at radius 2 is 1.81 bits per heavy atom. The fourth-order valence-electron chi connectivity index (χ4n) is 2.13. The van der Waals surface area contributed by atoms with Gasteiger partial charge in [0.1, 0.15) is 5.75 Å². The summed E-state index contributed by atoms with van der Waals surface area (Å²) in [6.07, 6.45) is 2.33. The van der Waals surface area contributed by atoms with Crippen molar-refractivity contribution in [1.29, 1.82) is 0 Å². The molecule has 26 heavy (non-hydrogen) atoms. The summed E-state index contributed by atoms with van der Waals surface area (Å²) in [5.41, 5.74) is 0.948. The average molecular weight is 428 g/mol. The molecule has 3 rings (SSSR count). The number of nitrogens with one attached hydrogen (secondary N) is 1. The van der Waals surface area contributed by atoms with Crippen LogP contribution in [0.3, 0.4) is 0 Å². The van der Waals surface area contributed by atoms with Gasteiger partial charge in [-0.3, -0.25) is 10.1 Å². The molecule has 0 atom stereocenters. The third-order valence-corrected chi connectivity index (χ3v) is 5.11. The second-order valence-electron chi connectivity index (χ2n) is 5.34. The van der Waals surface area contributed by atoms with E-state index in [1.807, 2.05) is 6.07 Å². The number of rotatable bonds is 6. The average Bonchev–Trinajstić information content (AvgIpc) is 3.04. The number of halogens is 3. The van der Waals surface area contributed by atoms with Crippen molar-refractivity contribution >= 4 is 57.2 Å². The third-order valence-electron chi connectivity index (χ3n) is 3.36. The number of carbonyl (C=O) groups is 1. The molecule has 0 fully saturated rings. The molecule has 1 aromatic heterocycles. The van der Waals surface area contributed by atoms with Crippen molar-refractivity contribution in [1.82, 2.24) is 4.98 Å². The highest BCUT2D eigenvalue weighted by atomic mass is 35.5. The summed E-state index contributed by atoms with van der Waals surface area (Å²) >= 11 is 19.3. The topological polar surface area (TPSA) is 51.2 Å². The van der Waals surface area contributed by atoms with Crippen LogP contribution < -0.4 is 10.1 Å². The van der Waals surface area contributed by atoms with Gasteiger partial charge in [0.15, 0.2) is 11.7 Å². The number of ether oxygens (including phenoxy) is 1. The van der Waals surface area contributed by atoms with Crippen LogP contribution in [0.1, 0.15) is 10.4 Å². The summed E-state index contributed by atoms with van der Waals surface area (Å²) in [6, 6.07) is 12.2. The Morgan fingerprint density at radius 1 is 1.08 bits per heavy atom. The molecule has 1 heterocycles. The lowest BCUT2D eigenvalue weighted by Gasteiger charge is -2.05. The lowest BCUT2D eigenvalue weighted by molar-refractivity contribution is -0.118. The number of thiazole rings is 1. The molecular formula is C18H13Cl3N2O2S. The van der Waals surface area contributed by atoms with Crippen LogP contribution in [0.25, 0.3) is 0 Å². The minimum absolute atomic E-state index is 0.112. The highest BCUT2D eigenvalue weighted by Crippen LogP contribution is 2.27. The van der Waals surface area contributed by atoms with Crippen LogP contribution in [-0.2, 0) is 11.2 Å². The zero-order valence-corrected chi connectivity index (χ0v) is 16.4. The minimum atomic E-state index is -0.287. The zero-order valence-electron chi connectivity index (χ0n) is 13.3. The van der Waals surface area contributed by atoms with E-state index in [-0.39, 0.29) is 12.5 Å². The third kappa shape index (κ3) is 5.35. The molecule has 0 spiro atoms. The number of benzene rings is 2. The summed E-state index contributed by atoms with van der Waals surface area (Å²) in [5, 5.41) is 5.03. The summed E-state index contributed by atoms with van der Waals surface area (Å²) in [7, 11) is 0. The first-order valence-electron chi connectivity index (χ1n) is 7.56. The molecule has 1 amide bonds. The monoisotopic (exact) mass is 426 g/mol. The molecule has 0 unspecified atom stereocenters. The van der Waals surface area contributed by atoms with Crippen LogP contribution in [0.5, 0.6) is 5.75 Å². The molecule has 134 valence electrons. The Balaban J connectivity index is 1.54. The highest BCUT2D eigenvalue weighted by molar-refractivity contribution is 7.15. The molecule has 1 N–H and O–H groups in total. The molecule has 0 saturated carbocycles. The van der Waals surface area contributed by atoms with E-state index in [9.17, 15) is 4.79 Å². The number of aromatic nitrogens is 1. The smallest absolute Gasteiger partial charge is 0.264 e. The first-order valence-corrected chi connectivity index (χ1v) is 9.51. The Labute approximate surface area is 169 Å². The van der Waals surface area contributed by atoms with E-state index in [0.29, 0.717) is 32.4 Å². The van der Waals surface area contributed by atoms with Crippen molar-refractivity contribution < 1.29 is 9.53 Å². The van der Waals surface area contributed by atoms with Crippen LogP contribution in [0.2, 0.25) is 15.1 Å². The van der Waals surface area contributed by atoms with Crippen molar-refractivity contribution in [3.63, 3.8) is 0 Å². The quantitative estimate of drug-likeness (QED) is 0.548. The predicted octanol–water partition coefficient (Wildman–Crippen LogP) is 5.71. The molecule has 0 radical (unpaired) electrons. The van der Waals surface area contributed by atoms with Gasteiger partial charge in [-0.2, -0.15) is 0 Å². The number of amides is 1. The Morgan fingerprint density at radius 3 is 2.54 bits per heavy atom. The van der Waals surface area contributed by atoms with E-state index in [4.69, 9.17) is 39.5 Å². The van der Waals surface area contributed by atoms with Crippen LogP contribution in [0.4, 0.5) is 5.13 Å². The molecule has 2 aromatic carbocycles. The second kappa shape index (κ2) is 8.73. The van der Waals surface area contributed by atoms with Gasteiger partial charge in [-0.05, 0) is 42.0 Å². The van der Waals surface area contributed by atoms with Crippen LogP contribution >= 0.6 is 46.1 Å². The van der Waals surface area contributed by atoms with Gasteiger partial charge in [0.2, 0.25) is 0 Å². The maximum atomic E-state index is 12.0. The van der Waals surface area contributed by atoms with Crippen molar-refractivity contribution in [2.24, 2.45) is 0 Å². The molecule has 0 aliphatic rings. The summed E-state index contributed by atoms with van der Waals surface area (Å²) in [5.74, 6) is 0.284. The number of hydrogen-bond acceptors (Lipinski definition) is 4. The molecule has 0 aliphatic heterocycles. The van der Waals surface area contributed by atoms with E-state index in [1.54, 1.807) is 42.6 Å². The number of carbonyl (C=O) groups excluding carboxylic acids is 1. The number of anilines is 1. The molecule has 4 nitrogen and oxygen atoms in total. The van der Waals surface area contributed by atoms with E-state index < -0.39 is 0 Å². The van der Waals surface area contributed by atoms with Crippen LogP contribution in [0.15, 0.2) is 48.7 Å². The van der Waals surface area contributed by atoms with Gasteiger partial charge < -0.3 is 4.74 Å². The highest BCUT2D eigenvalue weighted by Gasteiger charge is 2.10. The number of hydrogen-bond donors (Lipinski definition) is 1. The Kier molecular flexibility index (Phi) is 6.38. The Hall–Kier alpha value is -1.79. The van der Waals surface area contributed by atoms with Crippen molar-refractivity contribution in [2.45, 2.75) is 6.42 Å². The number of nitrogens with zero attached hydrogens (tertiary/aromatic N) is 1. The first kappa shape index (κ1) is 19.0. The zero-order chi connectivity index (χ0) is 18.5. The molecule has 0 saturated heterocycles. The standard InChI is InChI=1S/C18H13Cl3N2O2S/c19-12-3-5-14(6-4-12)25-10-17(24)23-18-22-9-15(26-18)7-11-1-2-13(20)8-16(11)21/h1-6,8-9H,7,10H2,(H,22,23,24). The van der Waals surface area contributed by atoms with E-state index in [0.717, 1.165) is 10.4 Å². The van der Waals surface area contributed by atoms with Gasteiger partial charge in [0.25, 0.3) is 5.91 Å². The fourth-order valence-corrected chi connectivity index (χ4v) is 3.59. The van der Waals surface area contributed by atoms with E-state index >= 15 is 0 Å². The maximum absolute atomic E-state index is 12.0. The van der Waals surface area contributed by atoms with Gasteiger partial charge in [-0.25, -0.2) is 4.98 Å². The largest absolute Gasteiger partial charge is 0.484 e. The van der Waals surface area contributed by atoms with Crippen molar-refractivity contribution in [3.05, 3.63) is 74.2 Å². The minimum Gasteiger partial charge on any atom is -0.484 e. The van der Waals surface area contributed by atoms with Gasteiger partial charge >= 0.3 is 0 Å². The fraction of sp³-hybridized carbons (Fsp3) is 0.111. The molecule has 8 heteroatoms. The van der Waals surface area contributed by atoms with E-state index in [2.05, 4.69) is 10.3 Å². The lowest BCUT2D eigenvalue weighted by Crippen LogP contribution is -2.19.